The second-order valence-corrected chi connectivity index (χ2v) is 4.64. The Morgan fingerprint density at radius 2 is 1.95 bits per heavy atom. The fraction of sp³-hybridized carbons (Fsp3) is 0.467. The first-order valence-electron chi connectivity index (χ1n) is 6.57. The molecule has 0 radical (unpaired) electrons. The lowest BCUT2D eigenvalue weighted by Gasteiger charge is -2.25. The van der Waals surface area contributed by atoms with Crippen LogP contribution in [-0.4, -0.2) is 48.7 Å². The molecule has 1 N–H and O–H groups in total. The number of methoxy groups -OCH3 is 1. The first-order chi connectivity index (χ1) is 9.56. The van der Waals surface area contributed by atoms with Crippen LogP contribution in [0.1, 0.15) is 18.4 Å². The second-order valence-electron chi connectivity index (χ2n) is 4.64. The van der Waals surface area contributed by atoms with Crippen LogP contribution >= 0.6 is 0 Å². The van der Waals surface area contributed by atoms with Gasteiger partial charge in [0, 0.05) is 33.6 Å². The van der Waals surface area contributed by atoms with Gasteiger partial charge in [0.25, 0.3) is 0 Å². The zero-order chi connectivity index (χ0) is 15.0. The van der Waals surface area contributed by atoms with Crippen molar-refractivity contribution >= 4 is 11.9 Å². The number of carboxylic acids is 1. The third-order valence-corrected chi connectivity index (χ3v) is 3.16. The highest BCUT2D eigenvalue weighted by atomic mass is 16.5. The first kappa shape index (κ1) is 16.2. The number of hydrogen-bond acceptors (Lipinski definition) is 3. The van der Waals surface area contributed by atoms with Crippen molar-refractivity contribution in [3.05, 3.63) is 35.9 Å². The Labute approximate surface area is 119 Å². The number of aliphatic carboxylic acids is 1. The van der Waals surface area contributed by atoms with Crippen LogP contribution in [0.3, 0.4) is 0 Å². The van der Waals surface area contributed by atoms with Gasteiger partial charge in [0.2, 0.25) is 5.91 Å². The van der Waals surface area contributed by atoms with E-state index in [1.54, 1.807) is 7.11 Å². The van der Waals surface area contributed by atoms with Gasteiger partial charge in [-0.05, 0) is 12.0 Å². The van der Waals surface area contributed by atoms with Crippen LogP contribution in [0, 0.1) is 0 Å². The summed E-state index contributed by atoms with van der Waals surface area (Å²) in [5, 5.41) is 9.31. The van der Waals surface area contributed by atoms with E-state index in [1.807, 2.05) is 30.3 Å². The molecule has 0 saturated heterocycles. The molecule has 5 heteroatoms. The van der Waals surface area contributed by atoms with Gasteiger partial charge in [-0.25, -0.2) is 4.79 Å². The molecule has 0 aliphatic carbocycles. The fourth-order valence-corrected chi connectivity index (χ4v) is 1.95. The number of carbonyl (C=O) groups is 2. The maximum Gasteiger partial charge on any atom is 0.326 e. The molecule has 0 aliphatic heterocycles. The molecule has 20 heavy (non-hydrogen) atoms. The summed E-state index contributed by atoms with van der Waals surface area (Å²) in [7, 11) is 3.11. The van der Waals surface area contributed by atoms with Crippen LogP contribution in [0.5, 0.6) is 0 Å². The molecule has 1 amide bonds. The number of ether oxygens (including phenoxy) is 1. The van der Waals surface area contributed by atoms with E-state index in [0.29, 0.717) is 25.9 Å². The number of nitrogens with zero attached hydrogens (tertiary/aromatic N) is 1. The van der Waals surface area contributed by atoms with Crippen LogP contribution < -0.4 is 0 Å². The summed E-state index contributed by atoms with van der Waals surface area (Å²) in [6.07, 6.45) is 1.20. The molecule has 0 bridgehead atoms. The smallest absolute Gasteiger partial charge is 0.326 e. The number of carboxylic acid groups (broad SMARTS) is 1. The minimum Gasteiger partial charge on any atom is -0.480 e. The highest BCUT2D eigenvalue weighted by Crippen LogP contribution is 2.10. The van der Waals surface area contributed by atoms with E-state index in [0.717, 1.165) is 5.56 Å². The largest absolute Gasteiger partial charge is 0.480 e. The second kappa shape index (κ2) is 8.32. The van der Waals surface area contributed by atoms with Crippen LogP contribution in [0.15, 0.2) is 30.3 Å². The normalized spacial score (nSPS) is 11.9. The summed E-state index contributed by atoms with van der Waals surface area (Å²) in [6.45, 7) is 0.496. The quantitative estimate of drug-likeness (QED) is 0.733. The zero-order valence-electron chi connectivity index (χ0n) is 11.9. The molecule has 0 spiro atoms. The molecule has 1 unspecified atom stereocenters. The average Bonchev–Trinajstić information content (AvgIpc) is 2.45. The van der Waals surface area contributed by atoms with Gasteiger partial charge in [0.15, 0.2) is 0 Å². The third kappa shape index (κ3) is 5.01. The molecule has 1 atom stereocenters. The molecule has 1 rings (SSSR count). The number of benzene rings is 1. The average molecular weight is 279 g/mol. The Hall–Kier alpha value is -1.88. The Morgan fingerprint density at radius 3 is 2.50 bits per heavy atom. The Balaban J connectivity index is 2.65. The molecular formula is C15H21NO4. The first-order valence-corrected chi connectivity index (χ1v) is 6.57. The van der Waals surface area contributed by atoms with E-state index in [9.17, 15) is 14.7 Å². The van der Waals surface area contributed by atoms with Gasteiger partial charge in [-0.15, -0.1) is 0 Å². The number of rotatable bonds is 8. The van der Waals surface area contributed by atoms with E-state index in [-0.39, 0.29) is 5.91 Å². The van der Waals surface area contributed by atoms with Gasteiger partial charge < -0.3 is 14.7 Å². The van der Waals surface area contributed by atoms with Crippen molar-refractivity contribution in [3.8, 4) is 0 Å². The Morgan fingerprint density at radius 1 is 1.30 bits per heavy atom. The van der Waals surface area contributed by atoms with Crippen molar-refractivity contribution in [1.82, 2.24) is 4.90 Å². The lowest BCUT2D eigenvalue weighted by molar-refractivity contribution is -0.149. The van der Waals surface area contributed by atoms with Crippen molar-refractivity contribution in [3.63, 3.8) is 0 Å². The van der Waals surface area contributed by atoms with Crippen molar-refractivity contribution in [2.24, 2.45) is 0 Å². The summed E-state index contributed by atoms with van der Waals surface area (Å²) in [4.78, 5) is 24.6. The van der Waals surface area contributed by atoms with E-state index in [2.05, 4.69) is 0 Å². The summed E-state index contributed by atoms with van der Waals surface area (Å²) >= 11 is 0. The Bertz CT molecular complexity index is 433. The lowest BCUT2D eigenvalue weighted by atomic mass is 10.0. The third-order valence-electron chi connectivity index (χ3n) is 3.16. The summed E-state index contributed by atoms with van der Waals surface area (Å²) in [5.41, 5.74) is 0.899. The van der Waals surface area contributed by atoms with E-state index >= 15 is 0 Å². The maximum absolute atomic E-state index is 12.0. The Kier molecular flexibility index (Phi) is 6.73. The summed E-state index contributed by atoms with van der Waals surface area (Å²) in [6, 6.07) is 8.47. The molecular weight excluding hydrogens is 258 g/mol. The maximum atomic E-state index is 12.0. The number of hydrogen-bond donors (Lipinski definition) is 1. The van der Waals surface area contributed by atoms with Gasteiger partial charge in [-0.3, -0.25) is 4.79 Å². The minimum absolute atomic E-state index is 0.176. The van der Waals surface area contributed by atoms with Crippen LogP contribution in [-0.2, 0) is 20.7 Å². The monoisotopic (exact) mass is 279 g/mol. The predicted octanol–water partition coefficient (Wildman–Crippen LogP) is 1.57. The molecule has 110 valence electrons. The molecule has 0 aliphatic rings. The molecule has 0 heterocycles. The van der Waals surface area contributed by atoms with Gasteiger partial charge >= 0.3 is 5.97 Å². The lowest BCUT2D eigenvalue weighted by Crippen LogP contribution is -2.43. The molecule has 5 nitrogen and oxygen atoms in total. The van der Waals surface area contributed by atoms with Crippen molar-refractivity contribution < 1.29 is 19.4 Å². The molecule has 0 fully saturated rings. The summed E-state index contributed by atoms with van der Waals surface area (Å²) < 4.78 is 4.89. The van der Waals surface area contributed by atoms with E-state index in [1.165, 1.54) is 11.9 Å². The zero-order valence-corrected chi connectivity index (χ0v) is 11.9. The number of carbonyl (C=O) groups excluding carboxylic acids is 1. The van der Waals surface area contributed by atoms with Gasteiger partial charge in [-0.1, -0.05) is 30.3 Å². The van der Waals surface area contributed by atoms with Crippen molar-refractivity contribution in [2.75, 3.05) is 20.8 Å². The fourth-order valence-electron chi connectivity index (χ4n) is 1.95. The molecule has 0 aromatic heterocycles. The highest BCUT2D eigenvalue weighted by Gasteiger charge is 2.26. The minimum atomic E-state index is -0.989. The number of likely N-dealkylation sites (N-methyl/N-ethyl adjacent to an activating group) is 1. The van der Waals surface area contributed by atoms with Crippen LogP contribution in [0.2, 0.25) is 0 Å². The van der Waals surface area contributed by atoms with Crippen molar-refractivity contribution in [1.29, 1.82) is 0 Å². The SMILES string of the molecule is COCCCC(=O)N(C)C(Cc1ccccc1)C(=O)O. The van der Waals surface area contributed by atoms with Gasteiger partial charge in [0.05, 0.1) is 0 Å². The van der Waals surface area contributed by atoms with E-state index in [4.69, 9.17) is 4.74 Å². The molecule has 1 aromatic rings. The molecule has 1 aromatic carbocycles. The van der Waals surface area contributed by atoms with E-state index < -0.39 is 12.0 Å². The van der Waals surface area contributed by atoms with Gasteiger partial charge in [0.1, 0.15) is 6.04 Å². The standard InChI is InChI=1S/C15H21NO4/c1-16(14(17)9-6-10-20-2)13(15(18)19)11-12-7-4-3-5-8-12/h3-5,7-8,13H,6,9-11H2,1-2H3,(H,18,19). The van der Waals surface area contributed by atoms with Gasteiger partial charge in [-0.2, -0.15) is 0 Å². The summed E-state index contributed by atoms with van der Waals surface area (Å²) in [5.74, 6) is -1.16. The van der Waals surface area contributed by atoms with Crippen LogP contribution in [0.25, 0.3) is 0 Å². The van der Waals surface area contributed by atoms with Crippen LogP contribution in [0.4, 0.5) is 0 Å². The molecule has 0 saturated carbocycles. The predicted molar refractivity (Wildman–Crippen MR) is 75.4 cm³/mol. The number of amides is 1. The van der Waals surface area contributed by atoms with Crippen molar-refractivity contribution in [2.45, 2.75) is 25.3 Å². The highest BCUT2D eigenvalue weighted by molar-refractivity contribution is 5.83. The topological polar surface area (TPSA) is 66.8 Å².